The molecule has 0 spiro atoms. The predicted octanol–water partition coefficient (Wildman–Crippen LogP) is 2.61. The first-order valence-electron chi connectivity index (χ1n) is 6.93. The second-order valence-electron chi connectivity index (χ2n) is 5.11. The van der Waals surface area contributed by atoms with Crippen LogP contribution in [0.15, 0.2) is 12.3 Å². The van der Waals surface area contributed by atoms with E-state index in [1.165, 1.54) is 0 Å². The molecule has 0 aliphatic heterocycles. The largest absolute Gasteiger partial charge is 0.361 e. The number of aryl methyl sites for hydroxylation is 1. The summed E-state index contributed by atoms with van der Waals surface area (Å²) in [4.78, 5) is 21.3. The molecule has 0 saturated heterocycles. The summed E-state index contributed by atoms with van der Waals surface area (Å²) in [6.45, 7) is 2.43. The topological polar surface area (TPSA) is 67.5 Å². The number of carbonyl (C=O) groups is 1. The van der Waals surface area contributed by atoms with Crippen LogP contribution < -0.4 is 0 Å². The first-order chi connectivity index (χ1) is 10.5. The Morgan fingerprint density at radius 1 is 1.45 bits per heavy atom. The fourth-order valence-corrected chi connectivity index (χ4v) is 2.64. The molecule has 0 aromatic carbocycles. The zero-order valence-corrected chi connectivity index (χ0v) is 13.9. The first kappa shape index (κ1) is 16.7. The number of rotatable bonds is 6. The third kappa shape index (κ3) is 3.40. The lowest BCUT2D eigenvalue weighted by Gasteiger charge is -2.20. The molecule has 7 heteroatoms. The highest BCUT2D eigenvalue weighted by Crippen LogP contribution is 2.25. The number of nitrogens with one attached hydrogen (secondary N) is 1. The van der Waals surface area contributed by atoms with E-state index in [-0.39, 0.29) is 12.2 Å². The minimum atomic E-state index is -0.333. The second kappa shape index (κ2) is 7.09. The van der Waals surface area contributed by atoms with E-state index in [9.17, 15) is 4.79 Å². The maximum atomic E-state index is 12.4. The molecule has 22 heavy (non-hydrogen) atoms. The van der Waals surface area contributed by atoms with Crippen LogP contribution in [0.3, 0.4) is 0 Å². The molecule has 0 radical (unpaired) electrons. The highest BCUT2D eigenvalue weighted by Gasteiger charge is 2.18. The monoisotopic (exact) mass is 325 g/mol. The number of nitrogens with zero attached hydrogens (tertiary/aromatic N) is 2. The fraction of sp³-hybridized carbons (Fsp3) is 0.467. The number of H-pyrrole nitrogens is 1. The molecule has 0 aliphatic carbocycles. The average Bonchev–Trinajstić information content (AvgIpc) is 2.89. The third-order valence-corrected chi connectivity index (χ3v) is 3.88. The standard InChI is InChI=1S/C15H20ClN3O3/c1-9-8-17-10-7-11(18-14(16)13(9)10)15(20)19(2)6-5-12(21-3)22-4/h7-8,12,17H,5-6H2,1-4H3. The van der Waals surface area contributed by atoms with Crippen LogP contribution in [0.25, 0.3) is 10.9 Å². The average molecular weight is 326 g/mol. The number of amides is 1. The van der Waals surface area contributed by atoms with E-state index in [1.54, 1.807) is 32.2 Å². The van der Waals surface area contributed by atoms with E-state index >= 15 is 0 Å². The number of hydrogen-bond acceptors (Lipinski definition) is 4. The lowest BCUT2D eigenvalue weighted by Crippen LogP contribution is -2.31. The Bertz CT molecular complexity index is 667. The molecule has 6 nitrogen and oxygen atoms in total. The highest BCUT2D eigenvalue weighted by atomic mass is 35.5. The number of hydrogen-bond donors (Lipinski definition) is 1. The number of fused-ring (bicyclic) bond motifs is 1. The predicted molar refractivity (Wildman–Crippen MR) is 85.2 cm³/mol. The van der Waals surface area contributed by atoms with Gasteiger partial charge in [-0.1, -0.05) is 11.6 Å². The summed E-state index contributed by atoms with van der Waals surface area (Å²) in [6, 6.07) is 1.72. The Kier molecular flexibility index (Phi) is 5.39. The number of carbonyl (C=O) groups excluding carboxylic acids is 1. The van der Waals surface area contributed by atoms with Gasteiger partial charge in [-0.3, -0.25) is 4.79 Å². The summed E-state index contributed by atoms with van der Waals surface area (Å²) in [7, 11) is 4.85. The Hall–Kier alpha value is -1.63. The molecule has 0 fully saturated rings. The van der Waals surface area contributed by atoms with Crippen molar-refractivity contribution in [1.29, 1.82) is 0 Å². The van der Waals surface area contributed by atoms with Crippen molar-refractivity contribution in [1.82, 2.24) is 14.9 Å². The molecule has 0 saturated carbocycles. The fourth-order valence-electron chi connectivity index (χ4n) is 2.30. The van der Waals surface area contributed by atoms with Gasteiger partial charge in [-0.2, -0.15) is 0 Å². The molecule has 1 amide bonds. The molecule has 1 N–H and O–H groups in total. The van der Waals surface area contributed by atoms with Gasteiger partial charge in [-0.25, -0.2) is 4.98 Å². The van der Waals surface area contributed by atoms with Crippen LogP contribution in [0.1, 0.15) is 22.5 Å². The maximum absolute atomic E-state index is 12.4. The molecule has 0 bridgehead atoms. The van der Waals surface area contributed by atoms with Gasteiger partial charge < -0.3 is 19.4 Å². The summed E-state index contributed by atoms with van der Waals surface area (Å²) in [5.74, 6) is -0.193. The lowest BCUT2D eigenvalue weighted by atomic mass is 10.2. The quantitative estimate of drug-likeness (QED) is 0.655. The van der Waals surface area contributed by atoms with E-state index in [2.05, 4.69) is 9.97 Å². The zero-order chi connectivity index (χ0) is 16.3. The van der Waals surface area contributed by atoms with Crippen molar-refractivity contribution in [2.45, 2.75) is 19.6 Å². The summed E-state index contributed by atoms with van der Waals surface area (Å²) < 4.78 is 10.2. The van der Waals surface area contributed by atoms with Gasteiger partial charge >= 0.3 is 0 Å². The second-order valence-corrected chi connectivity index (χ2v) is 5.47. The van der Waals surface area contributed by atoms with Gasteiger partial charge in [0.05, 0.1) is 5.52 Å². The van der Waals surface area contributed by atoms with Crippen LogP contribution in [0, 0.1) is 6.92 Å². The normalized spacial score (nSPS) is 11.4. The molecule has 2 rings (SSSR count). The molecular formula is C15H20ClN3O3. The van der Waals surface area contributed by atoms with Crippen molar-refractivity contribution >= 4 is 28.4 Å². The van der Waals surface area contributed by atoms with Gasteiger partial charge in [-0.15, -0.1) is 0 Å². The molecule has 2 aromatic heterocycles. The third-order valence-electron chi connectivity index (χ3n) is 3.61. The number of aromatic nitrogens is 2. The molecular weight excluding hydrogens is 306 g/mol. The zero-order valence-electron chi connectivity index (χ0n) is 13.1. The molecule has 0 unspecified atom stereocenters. The van der Waals surface area contributed by atoms with E-state index in [0.717, 1.165) is 16.5 Å². The smallest absolute Gasteiger partial charge is 0.272 e. The number of pyridine rings is 1. The van der Waals surface area contributed by atoms with Crippen LogP contribution in [-0.4, -0.2) is 54.9 Å². The van der Waals surface area contributed by atoms with Crippen molar-refractivity contribution < 1.29 is 14.3 Å². The SMILES string of the molecule is COC(CCN(C)C(=O)c1cc2[nH]cc(C)c2c(Cl)n1)OC. The van der Waals surface area contributed by atoms with Crippen LogP contribution >= 0.6 is 11.6 Å². The summed E-state index contributed by atoms with van der Waals surface area (Å²) in [5.41, 5.74) is 2.12. The van der Waals surface area contributed by atoms with E-state index in [1.807, 2.05) is 13.1 Å². The summed E-state index contributed by atoms with van der Waals surface area (Å²) >= 11 is 6.19. The molecule has 0 atom stereocenters. The van der Waals surface area contributed by atoms with E-state index in [0.29, 0.717) is 23.8 Å². The minimum absolute atomic E-state index is 0.193. The van der Waals surface area contributed by atoms with Gasteiger partial charge in [0.15, 0.2) is 6.29 Å². The maximum Gasteiger partial charge on any atom is 0.272 e. The molecule has 120 valence electrons. The van der Waals surface area contributed by atoms with Crippen LogP contribution in [0.2, 0.25) is 5.15 Å². The van der Waals surface area contributed by atoms with Crippen LogP contribution in [0.5, 0.6) is 0 Å². The van der Waals surface area contributed by atoms with Gasteiger partial charge in [0.1, 0.15) is 10.8 Å². The summed E-state index contributed by atoms with van der Waals surface area (Å²) in [6.07, 6.45) is 2.09. The minimum Gasteiger partial charge on any atom is -0.361 e. The lowest BCUT2D eigenvalue weighted by molar-refractivity contribution is -0.107. The highest BCUT2D eigenvalue weighted by molar-refractivity contribution is 6.34. The number of methoxy groups -OCH3 is 2. The summed E-state index contributed by atoms with van der Waals surface area (Å²) in [5, 5.41) is 1.18. The van der Waals surface area contributed by atoms with E-state index < -0.39 is 0 Å². The van der Waals surface area contributed by atoms with E-state index in [4.69, 9.17) is 21.1 Å². The number of aromatic amines is 1. The molecule has 2 heterocycles. The van der Waals surface area contributed by atoms with Crippen molar-refractivity contribution in [2.75, 3.05) is 27.8 Å². The van der Waals surface area contributed by atoms with Crippen molar-refractivity contribution in [3.05, 3.63) is 28.7 Å². The Balaban J connectivity index is 2.15. The van der Waals surface area contributed by atoms with Crippen LogP contribution in [-0.2, 0) is 9.47 Å². The van der Waals surface area contributed by atoms with Crippen molar-refractivity contribution in [2.24, 2.45) is 0 Å². The van der Waals surface area contributed by atoms with Gasteiger partial charge in [0.2, 0.25) is 0 Å². The van der Waals surface area contributed by atoms with Crippen LogP contribution in [0.4, 0.5) is 0 Å². The Morgan fingerprint density at radius 2 is 2.14 bits per heavy atom. The van der Waals surface area contributed by atoms with Gasteiger partial charge in [0, 0.05) is 45.8 Å². The van der Waals surface area contributed by atoms with Crippen molar-refractivity contribution in [3.63, 3.8) is 0 Å². The van der Waals surface area contributed by atoms with Gasteiger partial charge in [-0.05, 0) is 18.6 Å². The number of halogens is 1. The Morgan fingerprint density at radius 3 is 2.77 bits per heavy atom. The number of ether oxygens (including phenoxy) is 2. The van der Waals surface area contributed by atoms with Gasteiger partial charge in [0.25, 0.3) is 5.91 Å². The van der Waals surface area contributed by atoms with Crippen molar-refractivity contribution in [3.8, 4) is 0 Å². The molecule has 2 aromatic rings. The Labute approximate surface area is 134 Å². The molecule has 0 aliphatic rings. The first-order valence-corrected chi connectivity index (χ1v) is 7.31.